The third-order valence-corrected chi connectivity index (χ3v) is 3.67. The number of carbonyl (C=O) groups is 2. The summed E-state index contributed by atoms with van der Waals surface area (Å²) in [5.74, 6) is -0.0524. The van der Waals surface area contributed by atoms with Crippen molar-refractivity contribution in [2.45, 2.75) is 25.8 Å². The van der Waals surface area contributed by atoms with E-state index in [-0.39, 0.29) is 23.8 Å². The van der Waals surface area contributed by atoms with Crippen LogP contribution in [0.25, 0.3) is 0 Å². The molecule has 0 aromatic heterocycles. The highest BCUT2D eigenvalue weighted by Crippen LogP contribution is 2.29. The Bertz CT molecular complexity index is 458. The summed E-state index contributed by atoms with van der Waals surface area (Å²) in [7, 11) is 1.38. The van der Waals surface area contributed by atoms with Crippen molar-refractivity contribution in [2.24, 2.45) is 5.92 Å². The number of likely N-dealkylation sites (tertiary alicyclic amines) is 1. The Labute approximate surface area is 113 Å². The minimum absolute atomic E-state index is 0.0522. The number of benzene rings is 1. The maximum Gasteiger partial charge on any atom is 0.305 e. The second-order valence-electron chi connectivity index (χ2n) is 4.98. The van der Waals surface area contributed by atoms with Crippen molar-refractivity contribution >= 4 is 11.9 Å². The van der Waals surface area contributed by atoms with Crippen LogP contribution in [-0.2, 0) is 14.3 Å². The number of hydrogen-bond acceptors (Lipinski definition) is 3. The molecular weight excluding hydrogens is 242 g/mol. The molecule has 0 saturated carbocycles. The van der Waals surface area contributed by atoms with Crippen LogP contribution in [0.3, 0.4) is 0 Å². The molecule has 2 atom stereocenters. The molecule has 0 N–H and O–H groups in total. The average Bonchev–Trinajstić information content (AvgIpc) is 2.79. The van der Waals surface area contributed by atoms with Crippen molar-refractivity contribution < 1.29 is 14.3 Å². The van der Waals surface area contributed by atoms with E-state index in [1.54, 1.807) is 0 Å². The van der Waals surface area contributed by atoms with Crippen LogP contribution in [0, 0.1) is 5.92 Å². The van der Waals surface area contributed by atoms with E-state index in [0.717, 1.165) is 5.56 Å². The summed E-state index contributed by atoms with van der Waals surface area (Å²) in [6.45, 7) is 2.65. The second-order valence-corrected chi connectivity index (χ2v) is 4.98. The van der Waals surface area contributed by atoms with Gasteiger partial charge in [-0.2, -0.15) is 0 Å². The first-order valence-corrected chi connectivity index (χ1v) is 6.53. The van der Waals surface area contributed by atoms with Gasteiger partial charge < -0.3 is 9.64 Å². The minimum atomic E-state index is -0.244. The molecular formula is C15H19NO3. The molecule has 102 valence electrons. The van der Waals surface area contributed by atoms with Crippen LogP contribution in [0.1, 0.15) is 31.4 Å². The van der Waals surface area contributed by atoms with Gasteiger partial charge in [0.05, 0.1) is 19.6 Å². The first kappa shape index (κ1) is 13.6. The molecule has 1 saturated heterocycles. The van der Waals surface area contributed by atoms with Crippen molar-refractivity contribution in [1.82, 2.24) is 4.90 Å². The quantitative estimate of drug-likeness (QED) is 0.780. The van der Waals surface area contributed by atoms with E-state index in [2.05, 4.69) is 4.74 Å². The topological polar surface area (TPSA) is 46.6 Å². The molecule has 0 aliphatic carbocycles. The third-order valence-electron chi connectivity index (χ3n) is 3.67. The van der Waals surface area contributed by atoms with Crippen molar-refractivity contribution in [3.8, 4) is 0 Å². The van der Waals surface area contributed by atoms with Gasteiger partial charge in [-0.3, -0.25) is 9.59 Å². The van der Waals surface area contributed by atoms with Crippen molar-refractivity contribution in [3.05, 3.63) is 35.9 Å². The molecule has 1 amide bonds. The normalized spacial score (nSPS) is 20.4. The van der Waals surface area contributed by atoms with Crippen LogP contribution in [0.2, 0.25) is 0 Å². The Morgan fingerprint density at radius 3 is 2.74 bits per heavy atom. The van der Waals surface area contributed by atoms with Gasteiger partial charge in [-0.1, -0.05) is 30.3 Å². The van der Waals surface area contributed by atoms with E-state index in [1.165, 1.54) is 7.11 Å². The highest BCUT2D eigenvalue weighted by molar-refractivity contribution is 5.80. The maximum absolute atomic E-state index is 12.0. The fourth-order valence-corrected chi connectivity index (χ4v) is 2.55. The summed E-state index contributed by atoms with van der Waals surface area (Å²) in [6, 6.07) is 9.99. The predicted molar refractivity (Wildman–Crippen MR) is 71.3 cm³/mol. The summed E-state index contributed by atoms with van der Waals surface area (Å²) >= 11 is 0. The Morgan fingerprint density at radius 2 is 2.11 bits per heavy atom. The molecule has 19 heavy (non-hydrogen) atoms. The van der Waals surface area contributed by atoms with Crippen molar-refractivity contribution in [2.75, 3.05) is 13.7 Å². The van der Waals surface area contributed by atoms with Gasteiger partial charge in [0.2, 0.25) is 5.91 Å². The Hall–Kier alpha value is -1.84. The lowest BCUT2D eigenvalue weighted by Gasteiger charge is -2.25. The monoisotopic (exact) mass is 261 g/mol. The van der Waals surface area contributed by atoms with Gasteiger partial charge in [-0.25, -0.2) is 0 Å². The van der Waals surface area contributed by atoms with Gasteiger partial charge in [0, 0.05) is 13.0 Å². The summed E-state index contributed by atoms with van der Waals surface area (Å²) in [6.07, 6.45) is 0.756. The zero-order chi connectivity index (χ0) is 13.8. The van der Waals surface area contributed by atoms with Crippen LogP contribution in [0.5, 0.6) is 0 Å². The lowest BCUT2D eigenvalue weighted by Crippen LogP contribution is -2.28. The van der Waals surface area contributed by atoms with Crippen LogP contribution < -0.4 is 0 Å². The summed E-state index contributed by atoms with van der Waals surface area (Å²) < 4.78 is 4.66. The third kappa shape index (κ3) is 3.13. The van der Waals surface area contributed by atoms with Crippen LogP contribution in [-0.4, -0.2) is 30.4 Å². The molecule has 4 nitrogen and oxygen atoms in total. The van der Waals surface area contributed by atoms with E-state index in [4.69, 9.17) is 0 Å². The molecule has 0 unspecified atom stereocenters. The molecule has 0 spiro atoms. The molecule has 0 bridgehead atoms. The molecule has 1 aromatic carbocycles. The summed E-state index contributed by atoms with van der Waals surface area (Å²) in [5, 5.41) is 0. The lowest BCUT2D eigenvalue weighted by atomic mass is 10.0. The van der Waals surface area contributed by atoms with Crippen molar-refractivity contribution in [3.63, 3.8) is 0 Å². The molecule has 0 radical (unpaired) electrons. The summed E-state index contributed by atoms with van der Waals surface area (Å²) in [4.78, 5) is 25.2. The number of nitrogens with zero attached hydrogens (tertiary/aromatic N) is 1. The largest absolute Gasteiger partial charge is 0.469 e. The fourth-order valence-electron chi connectivity index (χ4n) is 2.55. The minimum Gasteiger partial charge on any atom is -0.469 e. The molecule has 1 aliphatic rings. The number of carbonyl (C=O) groups excluding carboxylic acids is 2. The fraction of sp³-hybridized carbons (Fsp3) is 0.467. The van der Waals surface area contributed by atoms with Gasteiger partial charge in [-0.05, 0) is 18.4 Å². The Kier molecular flexibility index (Phi) is 4.20. The summed E-state index contributed by atoms with van der Waals surface area (Å²) in [5.41, 5.74) is 1.12. The number of amides is 1. The average molecular weight is 261 g/mol. The Balaban J connectivity index is 2.02. The maximum atomic E-state index is 12.0. The second kappa shape index (κ2) is 5.87. The predicted octanol–water partition coefficient (Wildman–Crippen LogP) is 2.16. The first-order valence-electron chi connectivity index (χ1n) is 6.53. The van der Waals surface area contributed by atoms with Gasteiger partial charge in [0.15, 0.2) is 0 Å². The van der Waals surface area contributed by atoms with Gasteiger partial charge in [0.1, 0.15) is 0 Å². The number of esters is 1. The van der Waals surface area contributed by atoms with E-state index in [9.17, 15) is 9.59 Å². The SMILES string of the molecule is COC(=O)C[C@@H]1CC(=O)N([C@H](C)c2ccccc2)C1. The molecule has 1 fully saturated rings. The number of rotatable bonds is 4. The van der Waals surface area contributed by atoms with Crippen LogP contribution in [0.15, 0.2) is 30.3 Å². The molecule has 1 aromatic rings. The van der Waals surface area contributed by atoms with Crippen molar-refractivity contribution in [1.29, 1.82) is 0 Å². The van der Waals surface area contributed by atoms with Gasteiger partial charge >= 0.3 is 5.97 Å². The lowest BCUT2D eigenvalue weighted by molar-refractivity contribution is -0.141. The van der Waals surface area contributed by atoms with Crippen LogP contribution in [0.4, 0.5) is 0 Å². The Morgan fingerprint density at radius 1 is 1.42 bits per heavy atom. The van der Waals surface area contributed by atoms with E-state index >= 15 is 0 Å². The van der Waals surface area contributed by atoms with E-state index in [0.29, 0.717) is 19.4 Å². The number of ether oxygens (including phenoxy) is 1. The highest BCUT2D eigenvalue weighted by atomic mass is 16.5. The standard InChI is InChI=1S/C15H19NO3/c1-11(13-6-4-3-5-7-13)16-10-12(8-14(16)17)9-15(18)19-2/h3-7,11-12H,8-10H2,1-2H3/t11-,12+/m1/s1. The first-order chi connectivity index (χ1) is 9.11. The molecule has 4 heteroatoms. The van der Waals surface area contributed by atoms with E-state index < -0.39 is 0 Å². The molecule has 2 rings (SSSR count). The van der Waals surface area contributed by atoms with Crippen LogP contribution >= 0.6 is 0 Å². The van der Waals surface area contributed by atoms with E-state index in [1.807, 2.05) is 42.2 Å². The highest BCUT2D eigenvalue weighted by Gasteiger charge is 2.34. The smallest absolute Gasteiger partial charge is 0.305 e. The zero-order valence-electron chi connectivity index (χ0n) is 11.3. The van der Waals surface area contributed by atoms with Gasteiger partial charge in [-0.15, -0.1) is 0 Å². The zero-order valence-corrected chi connectivity index (χ0v) is 11.3. The number of hydrogen-bond donors (Lipinski definition) is 0. The molecule has 1 heterocycles. The number of methoxy groups -OCH3 is 1. The molecule has 1 aliphatic heterocycles. The van der Waals surface area contributed by atoms with Gasteiger partial charge in [0.25, 0.3) is 0 Å².